The number of aliphatic hydroxyl groups is 1. The summed E-state index contributed by atoms with van der Waals surface area (Å²) in [7, 11) is 0. The molecule has 0 bridgehead atoms. The van der Waals surface area contributed by atoms with Gasteiger partial charge in [-0.3, -0.25) is 0 Å². The van der Waals surface area contributed by atoms with Crippen molar-refractivity contribution in [3.63, 3.8) is 0 Å². The lowest BCUT2D eigenvalue weighted by Gasteiger charge is -1.92. The van der Waals surface area contributed by atoms with E-state index in [9.17, 15) is 4.79 Å². The first-order chi connectivity index (χ1) is 6.70. The molecule has 2 rings (SSSR count). The maximum Gasteiger partial charge on any atom is 0.335 e. The van der Waals surface area contributed by atoms with E-state index in [1.165, 1.54) is 11.3 Å². The molecule has 0 aliphatic carbocycles. The van der Waals surface area contributed by atoms with Crippen LogP contribution in [0.15, 0.2) is 24.3 Å². The minimum Gasteiger partial charge on any atom is -0.478 e. The quantitative estimate of drug-likeness (QED) is 0.794. The van der Waals surface area contributed by atoms with Gasteiger partial charge >= 0.3 is 5.97 Å². The Labute approximate surface area is 84.2 Å². The summed E-state index contributed by atoms with van der Waals surface area (Å²) in [4.78, 5) is 11.5. The van der Waals surface area contributed by atoms with Crippen LogP contribution in [0.1, 0.15) is 15.2 Å². The molecule has 0 saturated heterocycles. The Kier molecular flexibility index (Phi) is 2.23. The summed E-state index contributed by atoms with van der Waals surface area (Å²) in [5.41, 5.74) is 0.281. The minimum atomic E-state index is -0.925. The number of hydrogen-bond donors (Lipinski definition) is 2. The first kappa shape index (κ1) is 9.18. The number of carboxylic acid groups (broad SMARTS) is 1. The first-order valence-corrected chi connectivity index (χ1v) is 4.89. The van der Waals surface area contributed by atoms with Crippen LogP contribution in [0.3, 0.4) is 0 Å². The molecule has 0 aliphatic heterocycles. The van der Waals surface area contributed by atoms with Crippen molar-refractivity contribution in [2.24, 2.45) is 0 Å². The zero-order chi connectivity index (χ0) is 10.1. The predicted octanol–water partition coefficient (Wildman–Crippen LogP) is 2.09. The number of fused-ring (bicyclic) bond motifs is 1. The molecule has 72 valence electrons. The number of carbonyl (C=O) groups is 1. The van der Waals surface area contributed by atoms with Crippen LogP contribution in [0.25, 0.3) is 10.1 Å². The van der Waals surface area contributed by atoms with E-state index in [1.807, 2.05) is 6.07 Å². The van der Waals surface area contributed by atoms with Gasteiger partial charge in [-0.1, -0.05) is 6.07 Å². The van der Waals surface area contributed by atoms with Gasteiger partial charge in [0.1, 0.15) is 0 Å². The van der Waals surface area contributed by atoms with E-state index in [-0.39, 0.29) is 12.2 Å². The molecule has 0 radical (unpaired) electrons. The predicted molar refractivity (Wildman–Crippen MR) is 54.7 cm³/mol. The fourth-order valence-corrected chi connectivity index (χ4v) is 2.26. The molecule has 0 unspecified atom stereocenters. The summed E-state index contributed by atoms with van der Waals surface area (Å²) < 4.78 is 0.897. The number of aromatic carboxylic acids is 1. The Bertz CT molecular complexity index is 487. The van der Waals surface area contributed by atoms with Gasteiger partial charge in [0.25, 0.3) is 0 Å². The van der Waals surface area contributed by atoms with Gasteiger partial charge in [-0.2, -0.15) is 0 Å². The lowest BCUT2D eigenvalue weighted by molar-refractivity contribution is 0.0697. The second-order valence-electron chi connectivity index (χ2n) is 2.93. The van der Waals surface area contributed by atoms with Gasteiger partial charge in [-0.05, 0) is 23.6 Å². The Morgan fingerprint density at radius 1 is 1.36 bits per heavy atom. The molecule has 0 saturated carbocycles. The van der Waals surface area contributed by atoms with Crippen molar-refractivity contribution in [2.45, 2.75) is 6.61 Å². The second-order valence-corrected chi connectivity index (χ2v) is 4.10. The maximum absolute atomic E-state index is 10.7. The maximum atomic E-state index is 10.7. The Hall–Kier alpha value is -1.39. The van der Waals surface area contributed by atoms with E-state index in [1.54, 1.807) is 18.2 Å². The molecular weight excluding hydrogens is 200 g/mol. The molecule has 3 nitrogen and oxygen atoms in total. The van der Waals surface area contributed by atoms with Crippen LogP contribution in [0.5, 0.6) is 0 Å². The fourth-order valence-electron chi connectivity index (χ4n) is 1.30. The Balaban J connectivity index is 2.59. The fraction of sp³-hybridized carbons (Fsp3) is 0.100. The molecule has 1 aromatic carbocycles. The van der Waals surface area contributed by atoms with Gasteiger partial charge < -0.3 is 10.2 Å². The summed E-state index contributed by atoms with van der Waals surface area (Å²) in [6, 6.07) is 6.82. The molecule has 4 heteroatoms. The summed E-state index contributed by atoms with van der Waals surface area (Å²) in [5.74, 6) is -0.925. The van der Waals surface area contributed by atoms with E-state index in [0.29, 0.717) is 0 Å². The zero-order valence-electron chi connectivity index (χ0n) is 7.23. The lowest BCUT2D eigenvalue weighted by atomic mass is 10.2. The van der Waals surface area contributed by atoms with Gasteiger partial charge in [0, 0.05) is 9.58 Å². The average molecular weight is 208 g/mol. The van der Waals surface area contributed by atoms with Crippen LogP contribution in [-0.2, 0) is 6.61 Å². The van der Waals surface area contributed by atoms with Crippen LogP contribution in [-0.4, -0.2) is 16.2 Å². The molecule has 14 heavy (non-hydrogen) atoms. The first-order valence-electron chi connectivity index (χ1n) is 4.07. The van der Waals surface area contributed by atoms with E-state index >= 15 is 0 Å². The van der Waals surface area contributed by atoms with Crippen molar-refractivity contribution in [2.75, 3.05) is 0 Å². The highest BCUT2D eigenvalue weighted by molar-refractivity contribution is 7.19. The van der Waals surface area contributed by atoms with Gasteiger partial charge in [-0.15, -0.1) is 11.3 Å². The van der Waals surface area contributed by atoms with Gasteiger partial charge in [0.15, 0.2) is 0 Å². The monoisotopic (exact) mass is 208 g/mol. The molecule has 0 atom stereocenters. The van der Waals surface area contributed by atoms with Crippen LogP contribution in [0.4, 0.5) is 0 Å². The van der Waals surface area contributed by atoms with Crippen LogP contribution < -0.4 is 0 Å². The van der Waals surface area contributed by atoms with Crippen molar-refractivity contribution >= 4 is 27.4 Å². The highest BCUT2D eigenvalue weighted by Gasteiger charge is 2.05. The molecule has 1 aromatic heterocycles. The number of rotatable bonds is 2. The SMILES string of the molecule is O=C(O)c1ccc2cc(CO)sc2c1. The third-order valence-electron chi connectivity index (χ3n) is 1.97. The summed E-state index contributed by atoms with van der Waals surface area (Å²) in [5, 5.41) is 18.7. The second kappa shape index (κ2) is 3.40. The number of aliphatic hydroxyl groups excluding tert-OH is 1. The number of benzene rings is 1. The molecule has 0 fully saturated rings. The van der Waals surface area contributed by atoms with Crippen molar-refractivity contribution < 1.29 is 15.0 Å². The summed E-state index contributed by atoms with van der Waals surface area (Å²) >= 11 is 1.42. The Morgan fingerprint density at radius 2 is 2.14 bits per heavy atom. The van der Waals surface area contributed by atoms with E-state index < -0.39 is 5.97 Å². The summed E-state index contributed by atoms with van der Waals surface area (Å²) in [6.45, 7) is 0.00174. The normalized spacial score (nSPS) is 10.6. The molecule has 0 aliphatic rings. The lowest BCUT2D eigenvalue weighted by Crippen LogP contribution is -1.94. The zero-order valence-corrected chi connectivity index (χ0v) is 8.04. The highest BCUT2D eigenvalue weighted by Crippen LogP contribution is 2.26. The standard InChI is InChI=1S/C10H8O3S/c11-5-8-3-6-1-2-7(10(12)13)4-9(6)14-8/h1-4,11H,5H2,(H,12,13). The molecule has 0 spiro atoms. The van der Waals surface area contributed by atoms with Crippen LogP contribution in [0.2, 0.25) is 0 Å². The number of hydrogen-bond acceptors (Lipinski definition) is 3. The molecular formula is C10H8O3S. The van der Waals surface area contributed by atoms with E-state index in [4.69, 9.17) is 10.2 Å². The van der Waals surface area contributed by atoms with E-state index in [0.717, 1.165) is 15.0 Å². The van der Waals surface area contributed by atoms with Crippen molar-refractivity contribution in [1.29, 1.82) is 0 Å². The molecule has 0 amide bonds. The Morgan fingerprint density at radius 3 is 2.79 bits per heavy atom. The van der Waals surface area contributed by atoms with Crippen LogP contribution in [0, 0.1) is 0 Å². The van der Waals surface area contributed by atoms with Gasteiger partial charge in [-0.25, -0.2) is 4.79 Å². The summed E-state index contributed by atoms with van der Waals surface area (Å²) in [6.07, 6.45) is 0. The molecule has 2 aromatic rings. The van der Waals surface area contributed by atoms with Crippen molar-refractivity contribution in [3.05, 3.63) is 34.7 Å². The van der Waals surface area contributed by atoms with Gasteiger partial charge in [0.2, 0.25) is 0 Å². The highest BCUT2D eigenvalue weighted by atomic mass is 32.1. The number of thiophene rings is 1. The number of carboxylic acids is 1. The molecule has 1 heterocycles. The van der Waals surface area contributed by atoms with Crippen LogP contribution >= 0.6 is 11.3 Å². The largest absolute Gasteiger partial charge is 0.478 e. The van der Waals surface area contributed by atoms with Crippen molar-refractivity contribution in [1.82, 2.24) is 0 Å². The topological polar surface area (TPSA) is 57.5 Å². The van der Waals surface area contributed by atoms with E-state index in [2.05, 4.69) is 0 Å². The minimum absolute atomic E-state index is 0.00174. The average Bonchev–Trinajstić information content (AvgIpc) is 2.58. The molecule has 2 N–H and O–H groups in total. The third kappa shape index (κ3) is 1.49. The van der Waals surface area contributed by atoms with Gasteiger partial charge in [0.05, 0.1) is 12.2 Å². The third-order valence-corrected chi connectivity index (χ3v) is 3.06. The smallest absolute Gasteiger partial charge is 0.335 e. The van der Waals surface area contributed by atoms with Crippen molar-refractivity contribution in [3.8, 4) is 0 Å².